The summed E-state index contributed by atoms with van der Waals surface area (Å²) in [5.74, 6) is -0.0825. The van der Waals surface area contributed by atoms with Gasteiger partial charge in [0.1, 0.15) is 18.3 Å². The highest BCUT2D eigenvalue weighted by Crippen LogP contribution is 2.22. The van der Waals surface area contributed by atoms with E-state index < -0.39 is 28.5 Å². The van der Waals surface area contributed by atoms with Crippen molar-refractivity contribution in [3.05, 3.63) is 59.1 Å². The summed E-state index contributed by atoms with van der Waals surface area (Å²) in [5.41, 5.74) is 1.10. The van der Waals surface area contributed by atoms with E-state index in [4.69, 9.17) is 16.3 Å². The summed E-state index contributed by atoms with van der Waals surface area (Å²) >= 11 is 5.95. The number of carbonyl (C=O) groups excluding carboxylic acids is 2. The topological polar surface area (TPSA) is 96.0 Å². The zero-order valence-electron chi connectivity index (χ0n) is 20.7. The van der Waals surface area contributed by atoms with Crippen molar-refractivity contribution in [2.45, 2.75) is 45.7 Å². The van der Waals surface area contributed by atoms with E-state index in [1.54, 1.807) is 43.5 Å². The summed E-state index contributed by atoms with van der Waals surface area (Å²) in [5, 5.41) is 3.34. The van der Waals surface area contributed by atoms with Crippen LogP contribution in [0.25, 0.3) is 0 Å². The van der Waals surface area contributed by atoms with E-state index in [2.05, 4.69) is 5.32 Å². The van der Waals surface area contributed by atoms with Crippen molar-refractivity contribution in [2.75, 3.05) is 30.8 Å². The number of nitrogens with zero attached hydrogens (tertiary/aromatic N) is 2. The largest absolute Gasteiger partial charge is 0.497 e. The Balaban J connectivity index is 2.38. The van der Waals surface area contributed by atoms with Crippen molar-refractivity contribution < 1.29 is 22.7 Å². The highest BCUT2D eigenvalue weighted by Gasteiger charge is 2.31. The summed E-state index contributed by atoms with van der Waals surface area (Å²) in [7, 11) is -2.22. The van der Waals surface area contributed by atoms with Gasteiger partial charge in [-0.1, -0.05) is 44.0 Å². The number of unbranched alkanes of at least 4 members (excludes halogenated alkanes) is 1. The van der Waals surface area contributed by atoms with Gasteiger partial charge >= 0.3 is 0 Å². The number of halogens is 1. The van der Waals surface area contributed by atoms with Gasteiger partial charge < -0.3 is 15.0 Å². The van der Waals surface area contributed by atoms with E-state index in [0.717, 1.165) is 29.0 Å². The Hall–Kier alpha value is -2.78. The first-order chi connectivity index (χ1) is 16.6. The molecule has 0 spiro atoms. The van der Waals surface area contributed by atoms with Crippen molar-refractivity contribution in [1.82, 2.24) is 10.2 Å². The molecule has 1 N–H and O–H groups in total. The van der Waals surface area contributed by atoms with Gasteiger partial charge in [-0.3, -0.25) is 13.9 Å². The van der Waals surface area contributed by atoms with Gasteiger partial charge in [-0.05, 0) is 54.8 Å². The quantitative estimate of drug-likeness (QED) is 0.402. The molecule has 0 aromatic heterocycles. The lowest BCUT2D eigenvalue weighted by molar-refractivity contribution is -0.140. The van der Waals surface area contributed by atoms with Crippen molar-refractivity contribution in [3.63, 3.8) is 0 Å². The molecule has 0 aliphatic rings. The highest BCUT2D eigenvalue weighted by atomic mass is 35.5. The molecule has 0 aliphatic carbocycles. The molecule has 2 amide bonds. The Kier molecular flexibility index (Phi) is 10.9. The SMILES string of the molecule is CCCCNC(=O)C(CC)N(Cc1ccc(OC)cc1)C(=O)CN(c1ccc(Cl)cc1)S(C)(=O)=O. The van der Waals surface area contributed by atoms with Gasteiger partial charge in [-0.25, -0.2) is 8.42 Å². The monoisotopic (exact) mass is 523 g/mol. The van der Waals surface area contributed by atoms with Crippen molar-refractivity contribution in [3.8, 4) is 5.75 Å². The molecule has 0 saturated heterocycles. The average Bonchev–Trinajstić information content (AvgIpc) is 2.83. The van der Waals surface area contributed by atoms with Crippen LogP contribution in [0.4, 0.5) is 5.69 Å². The molecule has 2 aromatic rings. The number of hydrogen-bond acceptors (Lipinski definition) is 5. The molecule has 10 heteroatoms. The van der Waals surface area contributed by atoms with Crippen LogP contribution in [0.3, 0.4) is 0 Å². The number of anilines is 1. The van der Waals surface area contributed by atoms with E-state index in [-0.39, 0.29) is 12.5 Å². The van der Waals surface area contributed by atoms with Crippen molar-refractivity contribution in [2.24, 2.45) is 0 Å². The summed E-state index contributed by atoms with van der Waals surface area (Å²) < 4.78 is 31.4. The third kappa shape index (κ3) is 8.43. The number of benzene rings is 2. The van der Waals surface area contributed by atoms with E-state index in [1.165, 1.54) is 4.90 Å². The van der Waals surface area contributed by atoms with E-state index >= 15 is 0 Å². The molecule has 8 nitrogen and oxygen atoms in total. The molecule has 2 aromatic carbocycles. The second kappa shape index (κ2) is 13.3. The van der Waals surface area contributed by atoms with Crippen LogP contribution in [0.2, 0.25) is 5.02 Å². The van der Waals surface area contributed by atoms with Gasteiger partial charge in [0.2, 0.25) is 21.8 Å². The van der Waals surface area contributed by atoms with Crippen LogP contribution in [-0.2, 0) is 26.2 Å². The predicted octanol–water partition coefficient (Wildman–Crippen LogP) is 3.84. The van der Waals surface area contributed by atoms with Crippen molar-refractivity contribution >= 4 is 39.1 Å². The maximum atomic E-state index is 13.6. The molecule has 2 rings (SSSR count). The number of amides is 2. The van der Waals surface area contributed by atoms with Crippen LogP contribution in [0.15, 0.2) is 48.5 Å². The second-order valence-electron chi connectivity index (χ2n) is 8.18. The van der Waals surface area contributed by atoms with E-state index in [9.17, 15) is 18.0 Å². The first-order valence-corrected chi connectivity index (χ1v) is 13.8. The smallest absolute Gasteiger partial charge is 0.244 e. The molecule has 1 atom stereocenters. The van der Waals surface area contributed by atoms with E-state index in [1.807, 2.05) is 26.0 Å². The highest BCUT2D eigenvalue weighted by molar-refractivity contribution is 7.92. The molecule has 0 heterocycles. The maximum absolute atomic E-state index is 13.6. The van der Waals surface area contributed by atoms with Crippen LogP contribution in [0, 0.1) is 0 Å². The summed E-state index contributed by atoms with van der Waals surface area (Å²) in [6.45, 7) is 4.05. The van der Waals surface area contributed by atoms with Crippen LogP contribution in [-0.4, -0.2) is 57.6 Å². The Bertz CT molecular complexity index is 1080. The van der Waals surface area contributed by atoms with E-state index in [0.29, 0.717) is 29.4 Å². The normalized spacial score (nSPS) is 12.0. The van der Waals surface area contributed by atoms with Crippen LogP contribution >= 0.6 is 11.6 Å². The number of rotatable bonds is 13. The molecule has 0 radical (unpaired) electrons. The Labute approximate surface area is 213 Å². The molecule has 0 fully saturated rings. The maximum Gasteiger partial charge on any atom is 0.244 e. The molecule has 0 aliphatic heterocycles. The van der Waals surface area contributed by atoms with Gasteiger partial charge in [0.05, 0.1) is 19.1 Å². The Morgan fingerprint density at radius 3 is 2.20 bits per heavy atom. The van der Waals surface area contributed by atoms with Gasteiger partial charge in [0.25, 0.3) is 0 Å². The molecular formula is C25H34ClN3O5S. The number of hydrogen-bond donors (Lipinski definition) is 1. The number of methoxy groups -OCH3 is 1. The summed E-state index contributed by atoms with van der Waals surface area (Å²) in [6.07, 6.45) is 3.17. The number of nitrogens with one attached hydrogen (secondary N) is 1. The first-order valence-electron chi connectivity index (χ1n) is 11.5. The zero-order valence-corrected chi connectivity index (χ0v) is 22.2. The van der Waals surface area contributed by atoms with Crippen LogP contribution in [0.5, 0.6) is 5.75 Å². The third-order valence-corrected chi connectivity index (χ3v) is 6.91. The molecule has 35 heavy (non-hydrogen) atoms. The fourth-order valence-electron chi connectivity index (χ4n) is 3.57. The Morgan fingerprint density at radius 2 is 1.69 bits per heavy atom. The fourth-order valence-corrected chi connectivity index (χ4v) is 4.55. The van der Waals surface area contributed by atoms with Gasteiger partial charge in [0.15, 0.2) is 0 Å². The average molecular weight is 524 g/mol. The van der Waals surface area contributed by atoms with Crippen LogP contribution in [0.1, 0.15) is 38.7 Å². The van der Waals surface area contributed by atoms with Gasteiger partial charge in [-0.2, -0.15) is 0 Å². The first kappa shape index (κ1) is 28.5. The standard InChI is InChI=1S/C25H34ClN3O5S/c1-5-7-16-27-25(31)23(6-2)28(17-19-8-14-22(34-3)15-9-19)24(30)18-29(35(4,32)33)21-12-10-20(26)11-13-21/h8-15,23H,5-7,16-18H2,1-4H3,(H,27,31). The van der Waals surface area contributed by atoms with Gasteiger partial charge in [0, 0.05) is 18.1 Å². The molecule has 192 valence electrons. The lowest BCUT2D eigenvalue weighted by atomic mass is 10.1. The Morgan fingerprint density at radius 1 is 1.06 bits per heavy atom. The van der Waals surface area contributed by atoms with Crippen molar-refractivity contribution in [1.29, 1.82) is 0 Å². The fraction of sp³-hybridized carbons (Fsp3) is 0.440. The van der Waals surface area contributed by atoms with Crippen LogP contribution < -0.4 is 14.4 Å². The van der Waals surface area contributed by atoms with Gasteiger partial charge in [-0.15, -0.1) is 0 Å². The third-order valence-electron chi connectivity index (χ3n) is 5.52. The minimum atomic E-state index is -3.79. The number of sulfonamides is 1. The molecule has 0 saturated carbocycles. The second-order valence-corrected chi connectivity index (χ2v) is 10.5. The predicted molar refractivity (Wildman–Crippen MR) is 139 cm³/mol. The molecule has 0 bridgehead atoms. The minimum Gasteiger partial charge on any atom is -0.497 e. The number of ether oxygens (including phenoxy) is 1. The summed E-state index contributed by atoms with van der Waals surface area (Å²) in [4.78, 5) is 28.0. The number of carbonyl (C=O) groups is 2. The summed E-state index contributed by atoms with van der Waals surface area (Å²) in [6, 6.07) is 12.6. The molecule has 1 unspecified atom stereocenters. The molecular weight excluding hydrogens is 490 g/mol. The zero-order chi connectivity index (χ0) is 26.0. The lowest BCUT2D eigenvalue weighted by Gasteiger charge is -2.33. The lowest BCUT2D eigenvalue weighted by Crippen LogP contribution is -2.52. The minimum absolute atomic E-state index is 0.140.